The number of thiophene rings is 1. The summed E-state index contributed by atoms with van der Waals surface area (Å²) in [7, 11) is 1.86. The summed E-state index contributed by atoms with van der Waals surface area (Å²) in [5.41, 5.74) is 4.97. The number of rotatable bonds is 6. The number of anilines is 1. The fraction of sp³-hybridized carbons (Fsp3) is 0.190. The van der Waals surface area contributed by atoms with Crippen molar-refractivity contribution in [2.45, 2.75) is 20.5 Å². The maximum absolute atomic E-state index is 12.6. The number of nitrogens with one attached hydrogen (secondary N) is 1. The topological polar surface area (TPSA) is 69.0 Å². The summed E-state index contributed by atoms with van der Waals surface area (Å²) in [6.45, 7) is 4.51. The molecule has 1 N–H and O–H groups in total. The van der Waals surface area contributed by atoms with E-state index in [2.05, 4.69) is 28.4 Å². The van der Waals surface area contributed by atoms with Gasteiger partial charge in [0.05, 0.1) is 10.6 Å². The number of aromatic nitrogens is 3. The highest BCUT2D eigenvalue weighted by Crippen LogP contribution is 2.26. The van der Waals surface area contributed by atoms with E-state index in [1.165, 1.54) is 28.2 Å². The Kier molecular flexibility index (Phi) is 5.46. The average Bonchev–Trinajstić information content (AvgIpc) is 3.42. The van der Waals surface area contributed by atoms with Crippen LogP contribution >= 0.6 is 22.7 Å². The second-order valence-electron chi connectivity index (χ2n) is 6.71. The molecule has 6 nitrogen and oxygen atoms in total. The van der Waals surface area contributed by atoms with Gasteiger partial charge in [-0.25, -0.2) is 4.98 Å². The SMILES string of the molecule is Cc1ccc(OCc2csc(C(=O)Nc3nc(-c4ccnn4C)cs3)c2)c(C)c1. The van der Waals surface area contributed by atoms with Gasteiger partial charge in [-0.1, -0.05) is 17.7 Å². The van der Waals surface area contributed by atoms with Crippen molar-refractivity contribution >= 4 is 33.7 Å². The quantitative estimate of drug-likeness (QED) is 0.470. The third-order valence-corrected chi connectivity index (χ3v) is 6.15. The smallest absolute Gasteiger partial charge is 0.267 e. The fourth-order valence-electron chi connectivity index (χ4n) is 2.93. The van der Waals surface area contributed by atoms with Crippen molar-refractivity contribution in [3.63, 3.8) is 0 Å². The molecule has 0 atom stereocenters. The van der Waals surface area contributed by atoms with E-state index >= 15 is 0 Å². The highest BCUT2D eigenvalue weighted by molar-refractivity contribution is 7.14. The zero-order valence-corrected chi connectivity index (χ0v) is 17.9. The minimum atomic E-state index is -0.168. The first-order valence-electron chi connectivity index (χ1n) is 9.02. The predicted octanol–water partition coefficient (Wildman–Crippen LogP) is 5.05. The maximum atomic E-state index is 12.6. The van der Waals surface area contributed by atoms with Gasteiger partial charge >= 0.3 is 0 Å². The Morgan fingerprint density at radius 1 is 1.17 bits per heavy atom. The Balaban J connectivity index is 1.38. The molecule has 0 aliphatic rings. The molecule has 3 aromatic heterocycles. The summed E-state index contributed by atoms with van der Waals surface area (Å²) in [6, 6.07) is 9.85. The van der Waals surface area contributed by atoms with E-state index in [1.807, 2.05) is 49.0 Å². The van der Waals surface area contributed by atoms with Gasteiger partial charge in [0.15, 0.2) is 5.13 Å². The van der Waals surface area contributed by atoms with Gasteiger partial charge in [-0.3, -0.25) is 14.8 Å². The van der Waals surface area contributed by atoms with Gasteiger partial charge < -0.3 is 4.74 Å². The number of benzene rings is 1. The van der Waals surface area contributed by atoms with E-state index in [9.17, 15) is 4.79 Å². The molecule has 0 aliphatic carbocycles. The lowest BCUT2D eigenvalue weighted by atomic mass is 10.1. The second-order valence-corrected chi connectivity index (χ2v) is 8.48. The Morgan fingerprint density at radius 2 is 2.03 bits per heavy atom. The van der Waals surface area contributed by atoms with Gasteiger partial charge in [0.25, 0.3) is 5.91 Å². The van der Waals surface area contributed by atoms with Crippen LogP contribution in [0.5, 0.6) is 5.75 Å². The molecule has 29 heavy (non-hydrogen) atoms. The highest BCUT2D eigenvalue weighted by atomic mass is 32.1. The molecule has 1 aromatic carbocycles. The van der Waals surface area contributed by atoms with Crippen molar-refractivity contribution in [1.82, 2.24) is 14.8 Å². The second kappa shape index (κ2) is 8.18. The molecule has 1 amide bonds. The zero-order chi connectivity index (χ0) is 20.4. The minimum Gasteiger partial charge on any atom is -0.489 e. The molecule has 0 saturated heterocycles. The molecule has 0 fully saturated rings. The number of ether oxygens (including phenoxy) is 1. The number of amides is 1. The van der Waals surface area contributed by atoms with Crippen molar-refractivity contribution in [2.75, 3.05) is 5.32 Å². The molecule has 0 spiro atoms. The zero-order valence-electron chi connectivity index (χ0n) is 16.3. The fourth-order valence-corrected chi connectivity index (χ4v) is 4.42. The van der Waals surface area contributed by atoms with Crippen LogP contribution in [0.4, 0.5) is 5.13 Å². The van der Waals surface area contributed by atoms with Crippen LogP contribution in [0.25, 0.3) is 11.4 Å². The molecule has 0 aliphatic heterocycles. The summed E-state index contributed by atoms with van der Waals surface area (Å²) >= 11 is 2.79. The monoisotopic (exact) mass is 424 g/mol. The van der Waals surface area contributed by atoms with Crippen LogP contribution in [0, 0.1) is 13.8 Å². The Morgan fingerprint density at radius 3 is 2.79 bits per heavy atom. The van der Waals surface area contributed by atoms with Crippen molar-refractivity contribution in [2.24, 2.45) is 7.05 Å². The van der Waals surface area contributed by atoms with Crippen molar-refractivity contribution < 1.29 is 9.53 Å². The van der Waals surface area contributed by atoms with E-state index in [-0.39, 0.29) is 5.91 Å². The van der Waals surface area contributed by atoms with Crippen LogP contribution in [0.2, 0.25) is 0 Å². The first-order chi connectivity index (χ1) is 14.0. The third-order valence-electron chi connectivity index (χ3n) is 4.41. The highest BCUT2D eigenvalue weighted by Gasteiger charge is 2.14. The third kappa shape index (κ3) is 4.38. The summed E-state index contributed by atoms with van der Waals surface area (Å²) in [5, 5.41) is 11.4. The molecular formula is C21H20N4O2S2. The Hall–Kier alpha value is -2.97. The van der Waals surface area contributed by atoms with Gasteiger partial charge in [-0.2, -0.15) is 5.10 Å². The lowest BCUT2D eigenvalue weighted by molar-refractivity contribution is 0.103. The normalized spacial score (nSPS) is 10.9. The van der Waals surface area contributed by atoms with Crippen LogP contribution in [-0.4, -0.2) is 20.7 Å². The van der Waals surface area contributed by atoms with E-state index in [0.717, 1.165) is 28.3 Å². The van der Waals surface area contributed by atoms with Crippen LogP contribution in [-0.2, 0) is 13.7 Å². The molecule has 4 aromatic rings. The molecule has 0 unspecified atom stereocenters. The number of carbonyl (C=O) groups excluding carboxylic acids is 1. The number of hydrogen-bond donors (Lipinski definition) is 1. The number of hydrogen-bond acceptors (Lipinski definition) is 6. The Labute approximate surface area is 176 Å². The molecular weight excluding hydrogens is 404 g/mol. The standard InChI is InChI=1S/C21H20N4O2S2/c1-13-4-5-18(14(2)8-13)27-10-15-9-19(28-11-15)20(26)24-21-23-16(12-29-21)17-6-7-22-25(17)3/h4-9,11-12H,10H2,1-3H3,(H,23,24,26). The number of aryl methyl sites for hydroxylation is 3. The molecule has 0 radical (unpaired) electrons. The van der Waals surface area contributed by atoms with E-state index in [1.54, 1.807) is 10.9 Å². The van der Waals surface area contributed by atoms with Crippen molar-refractivity contribution in [3.8, 4) is 17.1 Å². The number of thiazole rings is 1. The van der Waals surface area contributed by atoms with Gasteiger partial charge in [-0.15, -0.1) is 22.7 Å². The summed E-state index contributed by atoms with van der Waals surface area (Å²) in [5.74, 6) is 0.692. The largest absolute Gasteiger partial charge is 0.489 e. The van der Waals surface area contributed by atoms with E-state index in [0.29, 0.717) is 16.6 Å². The molecule has 0 saturated carbocycles. The first kappa shape index (κ1) is 19.4. The molecule has 0 bridgehead atoms. The number of nitrogens with zero attached hydrogens (tertiary/aromatic N) is 3. The van der Waals surface area contributed by atoms with Crippen molar-refractivity contribution in [3.05, 3.63) is 68.9 Å². The van der Waals surface area contributed by atoms with Gasteiger partial charge in [0, 0.05) is 24.2 Å². The maximum Gasteiger partial charge on any atom is 0.267 e. The van der Waals surface area contributed by atoms with Crippen LogP contribution in [0.1, 0.15) is 26.4 Å². The summed E-state index contributed by atoms with van der Waals surface area (Å²) in [6.07, 6.45) is 1.72. The summed E-state index contributed by atoms with van der Waals surface area (Å²) < 4.78 is 7.65. The number of carbonyl (C=O) groups is 1. The molecule has 148 valence electrons. The lowest BCUT2D eigenvalue weighted by Crippen LogP contribution is -2.10. The summed E-state index contributed by atoms with van der Waals surface area (Å²) in [4.78, 5) is 17.7. The van der Waals surface area contributed by atoms with E-state index < -0.39 is 0 Å². The first-order valence-corrected chi connectivity index (χ1v) is 10.8. The molecule has 8 heteroatoms. The molecule has 3 heterocycles. The minimum absolute atomic E-state index is 0.168. The molecule has 4 rings (SSSR count). The van der Waals surface area contributed by atoms with Crippen LogP contribution in [0.3, 0.4) is 0 Å². The van der Waals surface area contributed by atoms with Gasteiger partial charge in [0.1, 0.15) is 18.1 Å². The average molecular weight is 425 g/mol. The Bertz CT molecular complexity index is 1160. The van der Waals surface area contributed by atoms with Crippen LogP contribution < -0.4 is 10.1 Å². The predicted molar refractivity (Wildman–Crippen MR) is 117 cm³/mol. The van der Waals surface area contributed by atoms with Crippen molar-refractivity contribution in [1.29, 1.82) is 0 Å². The van der Waals surface area contributed by atoms with Gasteiger partial charge in [-0.05, 0) is 43.0 Å². The van der Waals surface area contributed by atoms with Gasteiger partial charge in [0.2, 0.25) is 0 Å². The lowest BCUT2D eigenvalue weighted by Gasteiger charge is -2.08. The van der Waals surface area contributed by atoms with E-state index in [4.69, 9.17) is 4.74 Å². The van der Waals surface area contributed by atoms with Crippen LogP contribution in [0.15, 0.2) is 47.3 Å².